The fraction of sp³-hybridized carbons (Fsp3) is 0.357. The van der Waals surface area contributed by atoms with Crippen molar-refractivity contribution in [1.82, 2.24) is 5.16 Å². The van der Waals surface area contributed by atoms with Crippen molar-refractivity contribution < 1.29 is 23.5 Å². The molecule has 2 aromatic rings. The molecule has 5 nitrogen and oxygen atoms in total. The first-order chi connectivity index (χ1) is 9.60. The molecule has 1 N–H and O–H groups in total. The molecule has 2 rings (SSSR count). The number of nitrogens with zero attached hydrogens (tertiary/aromatic N) is 1. The van der Waals surface area contributed by atoms with E-state index in [0.29, 0.717) is 23.6 Å². The van der Waals surface area contributed by atoms with Crippen LogP contribution in [0, 0.1) is 5.82 Å². The van der Waals surface area contributed by atoms with Crippen LogP contribution in [0.2, 0.25) is 0 Å². The quantitative estimate of drug-likeness (QED) is 0.881. The zero-order valence-corrected chi connectivity index (χ0v) is 11.3. The molecular formula is C14H16FNO4. The molecule has 20 heavy (non-hydrogen) atoms. The summed E-state index contributed by atoms with van der Waals surface area (Å²) in [6.45, 7) is 1.99. The fourth-order valence-electron chi connectivity index (χ4n) is 1.68. The summed E-state index contributed by atoms with van der Waals surface area (Å²) < 4.78 is 29.0. The molecule has 0 amide bonds. The van der Waals surface area contributed by atoms with E-state index in [1.54, 1.807) is 26.2 Å². The van der Waals surface area contributed by atoms with Gasteiger partial charge in [0.15, 0.2) is 17.3 Å². The first-order valence-corrected chi connectivity index (χ1v) is 6.14. The topological polar surface area (TPSA) is 64.7 Å². The smallest absolute Gasteiger partial charge is 0.165 e. The number of methoxy groups -OCH3 is 1. The molecule has 6 heteroatoms. The second-order valence-electron chi connectivity index (χ2n) is 4.37. The third-order valence-electron chi connectivity index (χ3n) is 2.71. The van der Waals surface area contributed by atoms with E-state index in [1.165, 1.54) is 12.1 Å². The molecule has 0 fully saturated rings. The summed E-state index contributed by atoms with van der Waals surface area (Å²) in [5, 5.41) is 13.1. The van der Waals surface area contributed by atoms with Crippen LogP contribution in [-0.4, -0.2) is 17.4 Å². The van der Waals surface area contributed by atoms with Gasteiger partial charge >= 0.3 is 0 Å². The van der Waals surface area contributed by atoms with Crippen LogP contribution in [0.4, 0.5) is 4.39 Å². The van der Waals surface area contributed by atoms with Crippen LogP contribution in [-0.2, 0) is 18.0 Å². The minimum atomic E-state index is -0.717. The minimum Gasteiger partial charge on any atom is -0.484 e. The number of hydrogen-bond acceptors (Lipinski definition) is 5. The number of aliphatic hydroxyl groups excluding tert-OH is 1. The van der Waals surface area contributed by atoms with Gasteiger partial charge in [0, 0.05) is 13.2 Å². The normalized spacial score (nSPS) is 12.4. The predicted octanol–water partition coefficient (Wildman–Crippen LogP) is 2.59. The molecule has 0 spiro atoms. The van der Waals surface area contributed by atoms with Crippen molar-refractivity contribution in [3.8, 4) is 5.75 Å². The molecular weight excluding hydrogens is 265 g/mol. The number of rotatable bonds is 6. The Hall–Kier alpha value is -1.92. The lowest BCUT2D eigenvalue weighted by molar-refractivity contribution is 0.155. The number of aliphatic hydroxyl groups is 1. The highest BCUT2D eigenvalue weighted by Gasteiger charge is 2.10. The van der Waals surface area contributed by atoms with E-state index in [1.807, 2.05) is 0 Å². The molecule has 1 unspecified atom stereocenters. The van der Waals surface area contributed by atoms with Crippen LogP contribution in [0.3, 0.4) is 0 Å². The minimum absolute atomic E-state index is 0.0954. The Balaban J connectivity index is 1.99. The van der Waals surface area contributed by atoms with Crippen molar-refractivity contribution in [2.75, 3.05) is 7.11 Å². The van der Waals surface area contributed by atoms with Gasteiger partial charge in [-0.1, -0.05) is 11.2 Å². The van der Waals surface area contributed by atoms with Gasteiger partial charge in [-0.25, -0.2) is 4.39 Å². The predicted molar refractivity (Wildman–Crippen MR) is 68.6 cm³/mol. The molecule has 0 radical (unpaired) electrons. The van der Waals surface area contributed by atoms with Crippen LogP contribution < -0.4 is 4.74 Å². The Bertz CT molecular complexity index is 568. The number of aromatic nitrogens is 1. The van der Waals surface area contributed by atoms with Crippen molar-refractivity contribution in [2.45, 2.75) is 26.2 Å². The van der Waals surface area contributed by atoms with Gasteiger partial charge in [-0.15, -0.1) is 0 Å². The van der Waals surface area contributed by atoms with Crippen LogP contribution in [0.15, 0.2) is 28.8 Å². The molecule has 0 aliphatic rings. The van der Waals surface area contributed by atoms with Crippen molar-refractivity contribution in [3.05, 3.63) is 47.1 Å². The summed E-state index contributed by atoms with van der Waals surface area (Å²) in [6, 6.07) is 6.03. The monoisotopic (exact) mass is 281 g/mol. The summed E-state index contributed by atoms with van der Waals surface area (Å²) in [5.41, 5.74) is 1.05. The van der Waals surface area contributed by atoms with Gasteiger partial charge in [-0.3, -0.25) is 0 Å². The first-order valence-electron chi connectivity index (χ1n) is 6.14. The van der Waals surface area contributed by atoms with E-state index < -0.39 is 11.9 Å². The van der Waals surface area contributed by atoms with E-state index >= 15 is 0 Å². The van der Waals surface area contributed by atoms with Crippen LogP contribution in [0.5, 0.6) is 5.75 Å². The van der Waals surface area contributed by atoms with Gasteiger partial charge in [-0.05, 0) is 24.6 Å². The van der Waals surface area contributed by atoms with Gasteiger partial charge < -0.3 is 19.1 Å². The average Bonchev–Trinajstić information content (AvgIpc) is 2.85. The molecule has 0 aliphatic carbocycles. The van der Waals surface area contributed by atoms with Crippen LogP contribution >= 0.6 is 0 Å². The molecule has 0 saturated heterocycles. The van der Waals surface area contributed by atoms with E-state index in [0.717, 1.165) is 0 Å². The lowest BCUT2D eigenvalue weighted by Crippen LogP contribution is -1.99. The molecule has 1 heterocycles. The third-order valence-corrected chi connectivity index (χ3v) is 2.71. The Morgan fingerprint density at radius 1 is 1.35 bits per heavy atom. The maximum atomic E-state index is 13.7. The number of ether oxygens (including phenoxy) is 2. The Kier molecular flexibility index (Phi) is 4.70. The maximum absolute atomic E-state index is 13.7. The van der Waals surface area contributed by atoms with E-state index in [2.05, 4.69) is 5.16 Å². The SMILES string of the molecule is COCc1cc(COc2ccc(C(C)O)cc2F)no1. The highest BCUT2D eigenvalue weighted by molar-refractivity contribution is 5.30. The summed E-state index contributed by atoms with van der Waals surface area (Å²) in [5.74, 6) is 0.158. The van der Waals surface area contributed by atoms with Crippen molar-refractivity contribution >= 4 is 0 Å². The molecule has 108 valence electrons. The summed E-state index contributed by atoms with van der Waals surface area (Å²) in [4.78, 5) is 0. The summed E-state index contributed by atoms with van der Waals surface area (Å²) in [6.07, 6.45) is -0.717. The molecule has 0 aliphatic heterocycles. The van der Waals surface area contributed by atoms with E-state index in [9.17, 15) is 9.50 Å². The van der Waals surface area contributed by atoms with E-state index in [4.69, 9.17) is 14.0 Å². The average molecular weight is 281 g/mol. The number of hydrogen-bond donors (Lipinski definition) is 1. The standard InChI is InChI=1S/C14H16FNO4/c1-9(17)10-3-4-14(13(15)5-10)19-7-11-6-12(8-18-2)20-16-11/h3-6,9,17H,7-8H2,1-2H3. The zero-order chi connectivity index (χ0) is 14.5. The second kappa shape index (κ2) is 6.49. The van der Waals surface area contributed by atoms with Crippen molar-refractivity contribution in [3.63, 3.8) is 0 Å². The Morgan fingerprint density at radius 3 is 2.80 bits per heavy atom. The second-order valence-corrected chi connectivity index (χ2v) is 4.37. The maximum Gasteiger partial charge on any atom is 0.165 e. The van der Waals surface area contributed by atoms with Crippen molar-refractivity contribution in [1.29, 1.82) is 0 Å². The Morgan fingerprint density at radius 2 is 2.15 bits per heavy atom. The van der Waals surface area contributed by atoms with Gasteiger partial charge in [-0.2, -0.15) is 0 Å². The lowest BCUT2D eigenvalue weighted by Gasteiger charge is -2.08. The third kappa shape index (κ3) is 3.55. The lowest BCUT2D eigenvalue weighted by atomic mass is 10.1. The summed E-state index contributed by atoms with van der Waals surface area (Å²) >= 11 is 0. The zero-order valence-electron chi connectivity index (χ0n) is 11.3. The fourth-order valence-corrected chi connectivity index (χ4v) is 1.68. The molecule has 0 saturated carbocycles. The van der Waals surface area contributed by atoms with Gasteiger partial charge in [0.05, 0.1) is 6.10 Å². The highest BCUT2D eigenvalue weighted by Crippen LogP contribution is 2.22. The first kappa shape index (κ1) is 14.5. The number of halogens is 1. The highest BCUT2D eigenvalue weighted by atomic mass is 19.1. The van der Waals surface area contributed by atoms with Gasteiger partial charge in [0.1, 0.15) is 18.9 Å². The number of benzene rings is 1. The van der Waals surface area contributed by atoms with Gasteiger partial charge in [0.25, 0.3) is 0 Å². The molecule has 1 aromatic heterocycles. The van der Waals surface area contributed by atoms with Crippen LogP contribution in [0.1, 0.15) is 30.0 Å². The summed E-state index contributed by atoms with van der Waals surface area (Å²) in [7, 11) is 1.55. The Labute approximate surface area is 115 Å². The molecule has 0 bridgehead atoms. The molecule has 1 atom stereocenters. The largest absolute Gasteiger partial charge is 0.484 e. The molecule has 1 aromatic carbocycles. The van der Waals surface area contributed by atoms with E-state index in [-0.39, 0.29) is 12.4 Å². The van der Waals surface area contributed by atoms with Crippen LogP contribution in [0.25, 0.3) is 0 Å². The van der Waals surface area contributed by atoms with Gasteiger partial charge in [0.2, 0.25) is 0 Å². The van der Waals surface area contributed by atoms with Crippen molar-refractivity contribution in [2.24, 2.45) is 0 Å².